The summed E-state index contributed by atoms with van der Waals surface area (Å²) >= 11 is 0. The Morgan fingerprint density at radius 1 is 0.838 bits per heavy atom. The maximum Gasteiger partial charge on any atom is 0.416 e. The van der Waals surface area contributed by atoms with Crippen molar-refractivity contribution in [1.82, 2.24) is 0 Å². The first-order valence-corrected chi connectivity index (χ1v) is 12.4. The van der Waals surface area contributed by atoms with Gasteiger partial charge in [-0.3, -0.25) is 0 Å². The minimum atomic E-state index is -4.71. The summed E-state index contributed by atoms with van der Waals surface area (Å²) in [7, 11) is 1.40. The number of benzene rings is 3. The van der Waals surface area contributed by atoms with Crippen molar-refractivity contribution in [3.05, 3.63) is 70.8 Å². The molecule has 7 nitrogen and oxygen atoms in total. The molecule has 0 aliphatic carbocycles. The van der Waals surface area contributed by atoms with Gasteiger partial charge in [0.05, 0.1) is 44.7 Å². The number of halogens is 3. The van der Waals surface area contributed by atoms with Crippen molar-refractivity contribution in [3.8, 4) is 28.7 Å². The standard InChI is InChI=1S/C26H25F3O7S/c1-33-21-11-10-17(9-8-16-12-22(34-2)25(36-4)23(13-16)35-3)20(24(21)30)15-37(31,32)19-7-5-6-18(14-19)26(27,28)29/h5-14,30H,15H2,1-4H3/b9-8-. The third-order valence-corrected chi connectivity index (χ3v) is 7.14. The zero-order valence-electron chi connectivity index (χ0n) is 20.4. The van der Waals surface area contributed by atoms with E-state index in [0.29, 0.717) is 34.4 Å². The maximum atomic E-state index is 13.1. The molecule has 0 atom stereocenters. The molecule has 3 aromatic carbocycles. The lowest BCUT2D eigenvalue weighted by molar-refractivity contribution is -0.137. The predicted octanol–water partition coefficient (Wildman–Crippen LogP) is 5.59. The van der Waals surface area contributed by atoms with Crippen LogP contribution in [-0.4, -0.2) is 42.0 Å². The van der Waals surface area contributed by atoms with Crippen LogP contribution < -0.4 is 18.9 Å². The van der Waals surface area contributed by atoms with Gasteiger partial charge in [-0.1, -0.05) is 24.3 Å². The van der Waals surface area contributed by atoms with Gasteiger partial charge in [-0.2, -0.15) is 13.2 Å². The molecule has 11 heteroatoms. The van der Waals surface area contributed by atoms with Crippen LogP contribution in [0.25, 0.3) is 12.2 Å². The highest BCUT2D eigenvalue weighted by atomic mass is 32.2. The molecule has 0 fully saturated rings. The first-order chi connectivity index (χ1) is 17.4. The fourth-order valence-corrected chi connectivity index (χ4v) is 5.07. The van der Waals surface area contributed by atoms with Crippen LogP contribution in [0.2, 0.25) is 0 Å². The number of aromatic hydroxyl groups is 1. The number of phenolic OH excluding ortho intramolecular Hbond substituents is 1. The van der Waals surface area contributed by atoms with Crippen molar-refractivity contribution < 1.29 is 45.6 Å². The van der Waals surface area contributed by atoms with E-state index in [9.17, 15) is 26.7 Å². The molecule has 0 spiro atoms. The minimum absolute atomic E-state index is 0.0131. The highest BCUT2D eigenvalue weighted by molar-refractivity contribution is 7.90. The molecule has 0 bridgehead atoms. The molecule has 0 heterocycles. The molecule has 1 N–H and O–H groups in total. The Morgan fingerprint density at radius 3 is 2.00 bits per heavy atom. The summed E-state index contributed by atoms with van der Waals surface area (Å²) in [4.78, 5) is -0.524. The summed E-state index contributed by atoms with van der Waals surface area (Å²) in [5.74, 6) is -0.0223. The van der Waals surface area contributed by atoms with Crippen LogP contribution in [0.5, 0.6) is 28.7 Å². The van der Waals surface area contributed by atoms with E-state index in [1.807, 2.05) is 0 Å². The molecule has 0 unspecified atom stereocenters. The van der Waals surface area contributed by atoms with Crippen molar-refractivity contribution in [2.24, 2.45) is 0 Å². The molecule has 0 radical (unpaired) electrons. The summed E-state index contributed by atoms with van der Waals surface area (Å²) in [6.45, 7) is 0. The predicted molar refractivity (Wildman–Crippen MR) is 132 cm³/mol. The van der Waals surface area contributed by atoms with Crippen molar-refractivity contribution >= 4 is 22.0 Å². The Morgan fingerprint density at radius 2 is 1.46 bits per heavy atom. The van der Waals surface area contributed by atoms with Gasteiger partial charge >= 0.3 is 6.18 Å². The van der Waals surface area contributed by atoms with Crippen LogP contribution in [0.15, 0.2) is 53.4 Å². The number of rotatable bonds is 9. The first-order valence-electron chi connectivity index (χ1n) is 10.7. The van der Waals surface area contributed by atoms with Gasteiger partial charge in [-0.25, -0.2) is 8.42 Å². The molecule has 0 amide bonds. The average molecular weight is 539 g/mol. The quantitative estimate of drug-likeness (QED) is 0.355. The summed E-state index contributed by atoms with van der Waals surface area (Å²) in [5.41, 5.74) is -0.217. The van der Waals surface area contributed by atoms with E-state index < -0.39 is 38.0 Å². The van der Waals surface area contributed by atoms with E-state index in [1.54, 1.807) is 24.3 Å². The van der Waals surface area contributed by atoms with Gasteiger partial charge in [0, 0.05) is 5.56 Å². The Kier molecular flexibility index (Phi) is 8.27. The summed E-state index contributed by atoms with van der Waals surface area (Å²) < 4.78 is 86.7. The Bertz CT molecular complexity index is 1390. The molecule has 0 aliphatic heterocycles. The minimum Gasteiger partial charge on any atom is -0.504 e. The highest BCUT2D eigenvalue weighted by Crippen LogP contribution is 2.40. The Balaban J connectivity index is 2.07. The van der Waals surface area contributed by atoms with Crippen LogP contribution in [-0.2, 0) is 21.8 Å². The van der Waals surface area contributed by atoms with Crippen LogP contribution in [0.4, 0.5) is 13.2 Å². The molecular weight excluding hydrogens is 513 g/mol. The van der Waals surface area contributed by atoms with E-state index in [2.05, 4.69) is 0 Å². The van der Waals surface area contributed by atoms with Gasteiger partial charge in [0.25, 0.3) is 0 Å². The maximum absolute atomic E-state index is 13.1. The van der Waals surface area contributed by atoms with Gasteiger partial charge in [0.1, 0.15) is 0 Å². The van der Waals surface area contributed by atoms with E-state index in [0.717, 1.165) is 18.2 Å². The smallest absolute Gasteiger partial charge is 0.416 e. The van der Waals surface area contributed by atoms with Gasteiger partial charge in [0.2, 0.25) is 5.75 Å². The summed E-state index contributed by atoms with van der Waals surface area (Å²) in [5, 5.41) is 10.7. The zero-order valence-corrected chi connectivity index (χ0v) is 21.2. The van der Waals surface area contributed by atoms with Crippen molar-refractivity contribution in [1.29, 1.82) is 0 Å². The highest BCUT2D eigenvalue weighted by Gasteiger charge is 2.32. The molecule has 3 aromatic rings. The van der Waals surface area contributed by atoms with Crippen molar-refractivity contribution in [2.75, 3.05) is 28.4 Å². The van der Waals surface area contributed by atoms with E-state index in [4.69, 9.17) is 18.9 Å². The second-order valence-electron chi connectivity index (χ2n) is 7.76. The molecule has 0 saturated carbocycles. The van der Waals surface area contributed by atoms with Gasteiger partial charge in [0.15, 0.2) is 32.8 Å². The number of sulfone groups is 1. The monoisotopic (exact) mass is 538 g/mol. The zero-order chi connectivity index (χ0) is 27.4. The molecular formula is C26H25F3O7S. The molecule has 37 heavy (non-hydrogen) atoms. The van der Waals surface area contributed by atoms with Gasteiger partial charge < -0.3 is 24.1 Å². The van der Waals surface area contributed by atoms with Crippen molar-refractivity contribution in [2.45, 2.75) is 16.8 Å². The topological polar surface area (TPSA) is 91.3 Å². The lowest BCUT2D eigenvalue weighted by Gasteiger charge is -2.14. The fraction of sp³-hybridized carbons (Fsp3) is 0.231. The SMILES string of the molecule is COc1ccc(/C=C\c2cc(OC)c(OC)c(OC)c2)c(CS(=O)(=O)c2cccc(C(F)(F)F)c2)c1O. The second-order valence-corrected chi connectivity index (χ2v) is 9.75. The van der Waals surface area contributed by atoms with Crippen LogP contribution >= 0.6 is 0 Å². The number of hydrogen-bond donors (Lipinski definition) is 1. The Labute approximate surface area is 212 Å². The third kappa shape index (κ3) is 6.11. The van der Waals surface area contributed by atoms with Gasteiger partial charge in [-0.15, -0.1) is 0 Å². The molecule has 0 saturated heterocycles. The van der Waals surface area contributed by atoms with E-state index in [1.165, 1.54) is 40.6 Å². The summed E-state index contributed by atoms with van der Waals surface area (Å²) in [6.07, 6.45) is -1.53. The van der Waals surface area contributed by atoms with Gasteiger partial charge in [-0.05, 0) is 47.5 Å². The lowest BCUT2D eigenvalue weighted by atomic mass is 10.0. The molecule has 198 valence electrons. The number of methoxy groups -OCH3 is 4. The molecule has 0 aromatic heterocycles. The molecule has 3 rings (SSSR count). The number of alkyl halides is 3. The van der Waals surface area contributed by atoms with Crippen molar-refractivity contribution in [3.63, 3.8) is 0 Å². The first kappa shape index (κ1) is 27.7. The number of hydrogen-bond acceptors (Lipinski definition) is 7. The second kappa shape index (κ2) is 11.0. The van der Waals surface area contributed by atoms with E-state index >= 15 is 0 Å². The Hall–Kier alpha value is -3.86. The number of phenols is 1. The average Bonchev–Trinajstić information content (AvgIpc) is 2.87. The number of ether oxygens (including phenoxy) is 4. The van der Waals surface area contributed by atoms with Crippen LogP contribution in [0.3, 0.4) is 0 Å². The molecule has 0 aliphatic rings. The lowest BCUT2D eigenvalue weighted by Crippen LogP contribution is -2.10. The largest absolute Gasteiger partial charge is 0.504 e. The normalized spacial score (nSPS) is 12.0. The third-order valence-electron chi connectivity index (χ3n) is 5.50. The van der Waals surface area contributed by atoms with Crippen LogP contribution in [0, 0.1) is 0 Å². The van der Waals surface area contributed by atoms with Crippen LogP contribution in [0.1, 0.15) is 22.3 Å². The fourth-order valence-electron chi connectivity index (χ4n) is 3.63. The summed E-state index contributed by atoms with van der Waals surface area (Å²) in [6, 6.07) is 9.76. The van der Waals surface area contributed by atoms with E-state index in [-0.39, 0.29) is 11.3 Å².